The van der Waals surface area contributed by atoms with Gasteiger partial charge in [-0.05, 0) is 36.4 Å². The molecule has 0 saturated carbocycles. The Kier molecular flexibility index (Phi) is 3.98. The fraction of sp³-hybridized carbons (Fsp3) is 0.125. The van der Waals surface area contributed by atoms with Crippen LogP contribution < -0.4 is 14.8 Å². The lowest BCUT2D eigenvalue weighted by Crippen LogP contribution is -2.25. The number of hydrogen-bond acceptors (Lipinski definition) is 4. The number of Topliss-reactive ketones (excluding diaryl/α,β-unsaturated/α-hetero) is 1. The zero-order chi connectivity index (χ0) is 15.5. The van der Waals surface area contributed by atoms with Crippen molar-refractivity contribution in [3.8, 4) is 11.5 Å². The highest BCUT2D eigenvalue weighted by atomic mass is 35.5. The maximum atomic E-state index is 12.0. The Morgan fingerprint density at radius 2 is 2.00 bits per heavy atom. The van der Waals surface area contributed by atoms with Gasteiger partial charge in [-0.3, -0.25) is 9.59 Å². The molecule has 0 atom stereocenters. The number of benzene rings is 2. The van der Waals surface area contributed by atoms with Crippen LogP contribution in [0, 0.1) is 0 Å². The van der Waals surface area contributed by atoms with Crippen molar-refractivity contribution in [2.45, 2.75) is 0 Å². The molecule has 0 fully saturated rings. The second-order valence-electron chi connectivity index (χ2n) is 4.71. The third-order valence-electron chi connectivity index (χ3n) is 3.12. The van der Waals surface area contributed by atoms with E-state index in [2.05, 4.69) is 5.32 Å². The van der Waals surface area contributed by atoms with Crippen molar-refractivity contribution in [2.75, 3.05) is 18.5 Å². The Balaban J connectivity index is 1.66. The average Bonchev–Trinajstić information content (AvgIpc) is 2.53. The van der Waals surface area contributed by atoms with Crippen LogP contribution in [0.25, 0.3) is 0 Å². The molecule has 1 aliphatic heterocycles. The van der Waals surface area contributed by atoms with Crippen molar-refractivity contribution < 1.29 is 19.1 Å². The molecule has 2 aromatic rings. The van der Waals surface area contributed by atoms with Crippen molar-refractivity contribution in [3.63, 3.8) is 0 Å². The number of amides is 1. The monoisotopic (exact) mass is 317 g/mol. The number of nitrogens with one attached hydrogen (secondary N) is 1. The quantitative estimate of drug-likeness (QED) is 0.881. The minimum absolute atomic E-state index is 0.00224. The number of halogens is 1. The summed E-state index contributed by atoms with van der Waals surface area (Å²) >= 11 is 5.78. The molecule has 5 nitrogen and oxygen atoms in total. The van der Waals surface area contributed by atoms with Gasteiger partial charge in [0.05, 0.1) is 5.69 Å². The maximum absolute atomic E-state index is 12.0. The van der Waals surface area contributed by atoms with Crippen molar-refractivity contribution >= 4 is 29.0 Å². The molecule has 0 spiro atoms. The standard InChI is InChI=1S/C16H12ClNO4/c17-11-3-1-10(2-4-11)14(19)8-21-12-5-6-15-13(7-12)18-16(20)9-22-15/h1-7H,8-9H2,(H,18,20). The number of hydrogen-bond donors (Lipinski definition) is 1. The van der Waals surface area contributed by atoms with E-state index in [0.29, 0.717) is 27.8 Å². The van der Waals surface area contributed by atoms with E-state index in [1.807, 2.05) is 0 Å². The van der Waals surface area contributed by atoms with Gasteiger partial charge >= 0.3 is 0 Å². The van der Waals surface area contributed by atoms with E-state index >= 15 is 0 Å². The number of ketones is 1. The van der Waals surface area contributed by atoms with E-state index in [9.17, 15) is 9.59 Å². The van der Waals surface area contributed by atoms with E-state index < -0.39 is 0 Å². The van der Waals surface area contributed by atoms with E-state index in [1.165, 1.54) is 0 Å². The molecule has 1 amide bonds. The molecule has 0 unspecified atom stereocenters. The van der Waals surface area contributed by atoms with Crippen LogP contribution in [0.5, 0.6) is 11.5 Å². The first kappa shape index (κ1) is 14.4. The molecule has 1 heterocycles. The van der Waals surface area contributed by atoms with Crippen LogP contribution in [-0.4, -0.2) is 24.9 Å². The average molecular weight is 318 g/mol. The Morgan fingerprint density at radius 3 is 2.77 bits per heavy atom. The van der Waals surface area contributed by atoms with Gasteiger partial charge in [0.2, 0.25) is 0 Å². The minimum Gasteiger partial charge on any atom is -0.485 e. The van der Waals surface area contributed by atoms with Crippen LogP contribution in [0.1, 0.15) is 10.4 Å². The third kappa shape index (κ3) is 3.20. The fourth-order valence-corrected chi connectivity index (χ4v) is 2.15. The van der Waals surface area contributed by atoms with E-state index in [4.69, 9.17) is 21.1 Å². The lowest BCUT2D eigenvalue weighted by atomic mass is 10.1. The molecule has 0 bridgehead atoms. The molecule has 0 saturated heterocycles. The smallest absolute Gasteiger partial charge is 0.262 e. The van der Waals surface area contributed by atoms with Gasteiger partial charge in [-0.25, -0.2) is 0 Å². The topological polar surface area (TPSA) is 64.6 Å². The highest BCUT2D eigenvalue weighted by molar-refractivity contribution is 6.30. The Morgan fingerprint density at radius 1 is 1.23 bits per heavy atom. The Labute approximate surface area is 131 Å². The second-order valence-corrected chi connectivity index (χ2v) is 5.15. The number of carbonyl (C=O) groups is 2. The second kappa shape index (κ2) is 6.07. The normalized spacial score (nSPS) is 12.9. The van der Waals surface area contributed by atoms with Crippen LogP contribution in [0.4, 0.5) is 5.69 Å². The molecule has 0 aromatic heterocycles. The summed E-state index contributed by atoms with van der Waals surface area (Å²) in [5.74, 6) is 0.680. The van der Waals surface area contributed by atoms with Crippen LogP contribution in [0.3, 0.4) is 0 Å². The number of rotatable bonds is 4. The molecule has 1 aliphatic rings. The predicted molar refractivity (Wildman–Crippen MR) is 81.8 cm³/mol. The summed E-state index contributed by atoms with van der Waals surface area (Å²) in [6.45, 7) is -0.0997. The van der Waals surface area contributed by atoms with Crippen molar-refractivity contribution in [3.05, 3.63) is 53.1 Å². The van der Waals surface area contributed by atoms with Crippen molar-refractivity contribution in [2.24, 2.45) is 0 Å². The lowest BCUT2D eigenvalue weighted by molar-refractivity contribution is -0.118. The number of fused-ring (bicyclic) bond motifs is 1. The van der Waals surface area contributed by atoms with E-state index in [0.717, 1.165) is 0 Å². The summed E-state index contributed by atoms with van der Waals surface area (Å²) in [6, 6.07) is 11.6. The number of carbonyl (C=O) groups excluding carboxylic acids is 2. The molecule has 2 aromatic carbocycles. The minimum atomic E-state index is -0.220. The van der Waals surface area contributed by atoms with Crippen LogP contribution in [0.15, 0.2) is 42.5 Å². The summed E-state index contributed by atoms with van der Waals surface area (Å²) in [7, 11) is 0. The molecule has 6 heteroatoms. The molecular formula is C16H12ClNO4. The van der Waals surface area contributed by atoms with Crippen LogP contribution in [-0.2, 0) is 4.79 Å². The zero-order valence-electron chi connectivity index (χ0n) is 11.5. The van der Waals surface area contributed by atoms with Crippen LogP contribution in [0.2, 0.25) is 5.02 Å². The van der Waals surface area contributed by atoms with Gasteiger partial charge in [0, 0.05) is 16.7 Å². The molecular weight excluding hydrogens is 306 g/mol. The Bertz CT molecular complexity index is 727. The zero-order valence-corrected chi connectivity index (χ0v) is 12.2. The first-order valence-corrected chi connectivity index (χ1v) is 6.98. The van der Waals surface area contributed by atoms with Gasteiger partial charge in [0.15, 0.2) is 19.0 Å². The van der Waals surface area contributed by atoms with Gasteiger partial charge < -0.3 is 14.8 Å². The van der Waals surface area contributed by atoms with Crippen molar-refractivity contribution in [1.82, 2.24) is 0 Å². The largest absolute Gasteiger partial charge is 0.485 e. The van der Waals surface area contributed by atoms with Gasteiger partial charge in [0.1, 0.15) is 11.5 Å². The summed E-state index contributed by atoms with van der Waals surface area (Å²) in [4.78, 5) is 23.3. The van der Waals surface area contributed by atoms with Gasteiger partial charge in [-0.15, -0.1) is 0 Å². The summed E-state index contributed by atoms with van der Waals surface area (Å²) in [6.07, 6.45) is 0. The lowest BCUT2D eigenvalue weighted by Gasteiger charge is -2.18. The van der Waals surface area contributed by atoms with Gasteiger partial charge in [0.25, 0.3) is 5.91 Å². The van der Waals surface area contributed by atoms with E-state index in [1.54, 1.807) is 42.5 Å². The molecule has 1 N–H and O–H groups in total. The predicted octanol–water partition coefficient (Wildman–Crippen LogP) is 2.93. The third-order valence-corrected chi connectivity index (χ3v) is 3.37. The fourth-order valence-electron chi connectivity index (χ4n) is 2.02. The molecule has 112 valence electrons. The first-order chi connectivity index (χ1) is 10.6. The van der Waals surface area contributed by atoms with Gasteiger partial charge in [-0.2, -0.15) is 0 Å². The van der Waals surface area contributed by atoms with Crippen LogP contribution >= 0.6 is 11.6 Å². The molecule has 0 aliphatic carbocycles. The molecule has 3 rings (SSSR count). The van der Waals surface area contributed by atoms with E-state index in [-0.39, 0.29) is 24.9 Å². The highest BCUT2D eigenvalue weighted by Gasteiger charge is 2.16. The molecule has 22 heavy (non-hydrogen) atoms. The molecule has 0 radical (unpaired) electrons. The summed E-state index contributed by atoms with van der Waals surface area (Å²) in [5, 5.41) is 3.25. The number of anilines is 1. The Hall–Kier alpha value is -2.53. The maximum Gasteiger partial charge on any atom is 0.262 e. The first-order valence-electron chi connectivity index (χ1n) is 6.60. The van der Waals surface area contributed by atoms with Crippen molar-refractivity contribution in [1.29, 1.82) is 0 Å². The van der Waals surface area contributed by atoms with Gasteiger partial charge in [-0.1, -0.05) is 11.6 Å². The summed E-state index contributed by atoms with van der Waals surface area (Å²) < 4.78 is 10.7. The SMILES string of the molecule is O=C1COc2ccc(OCC(=O)c3ccc(Cl)cc3)cc2N1. The highest BCUT2D eigenvalue weighted by Crippen LogP contribution is 2.31. The summed E-state index contributed by atoms with van der Waals surface area (Å²) in [5.41, 5.74) is 1.06. The number of ether oxygens (including phenoxy) is 2.